The fraction of sp³-hybridized carbons (Fsp3) is 0.0667. The molecular weight excluding hydrogens is 275 g/mol. The summed E-state index contributed by atoms with van der Waals surface area (Å²) in [7, 11) is 1.23. The number of methoxy groups -OCH3 is 1. The summed E-state index contributed by atoms with van der Waals surface area (Å²) in [5.41, 5.74) is 1.53. The number of hydrogen-bond donors (Lipinski definition) is 0. The second kappa shape index (κ2) is 5.24. The second-order valence-electron chi connectivity index (χ2n) is 4.29. The van der Waals surface area contributed by atoms with Crippen molar-refractivity contribution in [3.05, 3.63) is 54.6 Å². The van der Waals surface area contributed by atoms with E-state index in [1.165, 1.54) is 13.2 Å². The van der Waals surface area contributed by atoms with Gasteiger partial charge in [-0.15, -0.1) is 0 Å². The van der Waals surface area contributed by atoms with Crippen molar-refractivity contribution in [2.45, 2.75) is 0 Å². The first-order chi connectivity index (χ1) is 10.2. The van der Waals surface area contributed by atoms with Gasteiger partial charge in [0.15, 0.2) is 5.75 Å². The number of imidazole rings is 1. The van der Waals surface area contributed by atoms with Crippen LogP contribution < -0.4 is 4.74 Å². The van der Waals surface area contributed by atoms with E-state index in [1.807, 2.05) is 0 Å². The van der Waals surface area contributed by atoms with Crippen LogP contribution in [-0.2, 0) is 4.74 Å². The van der Waals surface area contributed by atoms with Gasteiger partial charge >= 0.3 is 6.16 Å². The van der Waals surface area contributed by atoms with Gasteiger partial charge in [0.05, 0.1) is 19.0 Å². The zero-order valence-electron chi connectivity index (χ0n) is 11.1. The molecule has 21 heavy (non-hydrogen) atoms. The van der Waals surface area contributed by atoms with Crippen LogP contribution in [0.2, 0.25) is 0 Å². The quantitative estimate of drug-likeness (QED) is 0.678. The third-order valence-corrected chi connectivity index (χ3v) is 2.94. The van der Waals surface area contributed by atoms with Gasteiger partial charge in [-0.25, -0.2) is 14.2 Å². The van der Waals surface area contributed by atoms with Crippen molar-refractivity contribution >= 4 is 11.8 Å². The molecule has 3 rings (SSSR count). The first-order valence-electron chi connectivity index (χ1n) is 6.17. The van der Waals surface area contributed by atoms with Gasteiger partial charge in [0.2, 0.25) is 0 Å². The molecule has 0 aliphatic carbocycles. The summed E-state index contributed by atoms with van der Waals surface area (Å²) in [5.74, 6) is -0.0289. The number of nitrogens with zero attached hydrogens (tertiary/aromatic N) is 2. The summed E-state index contributed by atoms with van der Waals surface area (Å²) < 4.78 is 24.8. The third-order valence-electron chi connectivity index (χ3n) is 2.94. The molecule has 0 aliphatic rings. The zero-order valence-corrected chi connectivity index (χ0v) is 11.1. The van der Waals surface area contributed by atoms with E-state index in [4.69, 9.17) is 4.74 Å². The van der Waals surface area contributed by atoms with E-state index in [1.54, 1.807) is 47.1 Å². The fourth-order valence-corrected chi connectivity index (χ4v) is 1.97. The van der Waals surface area contributed by atoms with Crippen molar-refractivity contribution in [2.75, 3.05) is 7.11 Å². The predicted octanol–water partition coefficient (Wildman–Crippen LogP) is 3.29. The lowest BCUT2D eigenvalue weighted by Crippen LogP contribution is -2.07. The summed E-state index contributed by atoms with van der Waals surface area (Å²) in [4.78, 5) is 15.4. The molecule has 3 aromatic rings. The largest absolute Gasteiger partial charge is 0.513 e. The van der Waals surface area contributed by atoms with E-state index in [0.29, 0.717) is 22.7 Å². The highest BCUT2D eigenvalue weighted by Gasteiger charge is 2.10. The summed E-state index contributed by atoms with van der Waals surface area (Å²) in [6, 6.07) is 9.66. The van der Waals surface area contributed by atoms with Crippen LogP contribution in [0.1, 0.15) is 0 Å². The van der Waals surface area contributed by atoms with Gasteiger partial charge in [-0.05, 0) is 24.3 Å². The van der Waals surface area contributed by atoms with Crippen LogP contribution in [0.15, 0.2) is 48.8 Å². The Kier molecular flexibility index (Phi) is 3.27. The number of fused-ring (bicyclic) bond motifs is 1. The maximum atomic E-state index is 13.8. The lowest BCUT2D eigenvalue weighted by molar-refractivity contribution is 0.121. The summed E-state index contributed by atoms with van der Waals surface area (Å²) >= 11 is 0. The second-order valence-corrected chi connectivity index (χ2v) is 4.29. The van der Waals surface area contributed by atoms with Crippen molar-refractivity contribution in [2.24, 2.45) is 0 Å². The Morgan fingerprint density at radius 1 is 1.19 bits per heavy atom. The normalized spacial score (nSPS) is 10.6. The van der Waals surface area contributed by atoms with E-state index in [2.05, 4.69) is 9.72 Å². The monoisotopic (exact) mass is 286 g/mol. The number of carbonyl (C=O) groups is 1. The van der Waals surface area contributed by atoms with Crippen LogP contribution in [0.5, 0.6) is 5.75 Å². The van der Waals surface area contributed by atoms with Gasteiger partial charge < -0.3 is 13.9 Å². The van der Waals surface area contributed by atoms with Crippen molar-refractivity contribution in [3.63, 3.8) is 0 Å². The minimum absolute atomic E-state index is 0.312. The van der Waals surface area contributed by atoms with Gasteiger partial charge in [-0.1, -0.05) is 12.1 Å². The van der Waals surface area contributed by atoms with E-state index in [-0.39, 0.29) is 5.82 Å². The number of aromatic nitrogens is 2. The molecule has 0 atom stereocenters. The van der Waals surface area contributed by atoms with Gasteiger partial charge in [0.1, 0.15) is 11.5 Å². The summed E-state index contributed by atoms with van der Waals surface area (Å²) in [6.45, 7) is 0. The first-order valence-corrected chi connectivity index (χ1v) is 6.17. The molecule has 0 spiro atoms. The Hall–Kier alpha value is -2.89. The van der Waals surface area contributed by atoms with Crippen LogP contribution >= 0.6 is 0 Å². The Balaban J connectivity index is 2.01. The average molecular weight is 286 g/mol. The molecule has 106 valence electrons. The fourth-order valence-electron chi connectivity index (χ4n) is 1.97. The third kappa shape index (κ3) is 2.55. The highest BCUT2D eigenvalue weighted by atomic mass is 19.1. The van der Waals surface area contributed by atoms with Crippen LogP contribution in [0, 0.1) is 5.82 Å². The smallest absolute Gasteiger partial charge is 0.437 e. The van der Waals surface area contributed by atoms with E-state index in [9.17, 15) is 9.18 Å². The maximum Gasteiger partial charge on any atom is 0.513 e. The lowest BCUT2D eigenvalue weighted by atomic mass is 10.1. The van der Waals surface area contributed by atoms with Crippen molar-refractivity contribution in [1.29, 1.82) is 0 Å². The molecule has 2 heterocycles. The Morgan fingerprint density at radius 2 is 2.00 bits per heavy atom. The van der Waals surface area contributed by atoms with E-state index in [0.717, 1.165) is 0 Å². The van der Waals surface area contributed by atoms with Crippen LogP contribution in [-0.4, -0.2) is 22.6 Å². The molecule has 0 fully saturated rings. The standard InChI is InChI=1S/C15H11FN2O3/c1-20-15(19)21-10-6-7-14-17-13(9-18(14)8-10)11-4-2-3-5-12(11)16/h2-9H,1H3. The molecule has 0 aliphatic heterocycles. The zero-order chi connectivity index (χ0) is 14.8. The predicted molar refractivity (Wildman–Crippen MR) is 73.6 cm³/mol. The molecule has 0 N–H and O–H groups in total. The van der Waals surface area contributed by atoms with Crippen LogP contribution in [0.4, 0.5) is 9.18 Å². The number of rotatable bonds is 2. The summed E-state index contributed by atoms with van der Waals surface area (Å²) in [5, 5.41) is 0. The molecule has 0 unspecified atom stereocenters. The van der Waals surface area contributed by atoms with Crippen molar-refractivity contribution < 1.29 is 18.7 Å². The molecule has 0 radical (unpaired) electrons. The van der Waals surface area contributed by atoms with E-state index >= 15 is 0 Å². The minimum atomic E-state index is -0.802. The Labute approximate surface area is 119 Å². The summed E-state index contributed by atoms with van der Waals surface area (Å²) in [6.07, 6.45) is 2.44. The molecule has 0 amide bonds. The van der Waals surface area contributed by atoms with E-state index < -0.39 is 6.16 Å². The average Bonchev–Trinajstić information content (AvgIpc) is 2.90. The SMILES string of the molecule is COC(=O)Oc1ccc2nc(-c3ccccc3F)cn2c1. The van der Waals surface area contributed by atoms with Crippen LogP contribution in [0.25, 0.3) is 16.9 Å². The molecule has 0 saturated heterocycles. The van der Waals surface area contributed by atoms with Gasteiger partial charge in [-0.2, -0.15) is 0 Å². The van der Waals surface area contributed by atoms with Crippen LogP contribution in [0.3, 0.4) is 0 Å². The Morgan fingerprint density at radius 3 is 2.76 bits per heavy atom. The molecule has 2 aromatic heterocycles. The Bertz CT molecular complexity index is 814. The minimum Gasteiger partial charge on any atom is -0.437 e. The number of benzene rings is 1. The molecule has 1 aromatic carbocycles. The molecule has 5 nitrogen and oxygen atoms in total. The van der Waals surface area contributed by atoms with Gasteiger partial charge in [0.25, 0.3) is 0 Å². The van der Waals surface area contributed by atoms with Crippen molar-refractivity contribution in [1.82, 2.24) is 9.38 Å². The highest BCUT2D eigenvalue weighted by Crippen LogP contribution is 2.23. The maximum absolute atomic E-state index is 13.8. The lowest BCUT2D eigenvalue weighted by Gasteiger charge is -2.02. The number of ether oxygens (including phenoxy) is 2. The number of hydrogen-bond acceptors (Lipinski definition) is 4. The molecule has 0 saturated carbocycles. The first kappa shape index (κ1) is 13.1. The van der Waals surface area contributed by atoms with Gasteiger partial charge in [-0.3, -0.25) is 0 Å². The van der Waals surface area contributed by atoms with Crippen molar-refractivity contribution in [3.8, 4) is 17.0 Å². The molecule has 6 heteroatoms. The number of pyridine rings is 1. The highest BCUT2D eigenvalue weighted by molar-refractivity contribution is 5.65. The topological polar surface area (TPSA) is 52.8 Å². The number of carbonyl (C=O) groups excluding carboxylic acids is 1. The number of halogens is 1. The molecule has 0 bridgehead atoms. The van der Waals surface area contributed by atoms with Gasteiger partial charge in [0, 0.05) is 11.8 Å². The molecular formula is C15H11FN2O3.